The number of nitrogens with one attached hydrogen (secondary N) is 1. The third-order valence-corrected chi connectivity index (χ3v) is 9.73. The van der Waals surface area contributed by atoms with Crippen LogP contribution in [0.1, 0.15) is 33.6 Å². The molecule has 0 bridgehead atoms. The molecule has 6 heteroatoms. The Kier molecular flexibility index (Phi) is 5.14. The third-order valence-electron chi connectivity index (χ3n) is 4.71. The van der Waals surface area contributed by atoms with Crippen molar-refractivity contribution < 1.29 is 9.22 Å². The summed E-state index contributed by atoms with van der Waals surface area (Å²) in [5.74, 6) is 0.671. The van der Waals surface area contributed by atoms with Crippen molar-refractivity contribution in [3.8, 4) is 0 Å². The van der Waals surface area contributed by atoms with Gasteiger partial charge in [0.2, 0.25) is 5.91 Å². The molecule has 1 aromatic heterocycles. The maximum Gasteiger partial charge on any atom is 0.228 e. The fraction of sp³-hybridized carbons (Fsp3) is 0.625. The summed E-state index contributed by atoms with van der Waals surface area (Å²) in [7, 11) is -1.73. The molecule has 1 aliphatic rings. The lowest BCUT2D eigenvalue weighted by Gasteiger charge is -2.44. The van der Waals surface area contributed by atoms with Crippen molar-refractivity contribution in [3.05, 3.63) is 22.8 Å². The van der Waals surface area contributed by atoms with Gasteiger partial charge in [0.25, 0.3) is 0 Å². The predicted molar refractivity (Wildman–Crippen MR) is 95.4 cm³/mol. The number of rotatable bonds is 4. The number of hydrogen-bond acceptors (Lipinski definition) is 3. The first-order valence-electron chi connectivity index (χ1n) is 7.69. The number of amides is 1. The summed E-state index contributed by atoms with van der Waals surface area (Å²) in [5.41, 5.74) is 0. The number of nitrogens with zero attached hydrogens (tertiary/aromatic N) is 1. The molecule has 2 rings (SSSR count). The molecule has 1 amide bonds. The lowest BCUT2D eigenvalue weighted by Crippen LogP contribution is -2.49. The molecule has 1 fully saturated rings. The molecule has 1 N–H and O–H groups in total. The number of hydrogen-bond donors (Lipinski definition) is 1. The van der Waals surface area contributed by atoms with Crippen molar-refractivity contribution >= 4 is 36.0 Å². The van der Waals surface area contributed by atoms with Crippen LogP contribution >= 0.6 is 15.9 Å². The third kappa shape index (κ3) is 4.17. The van der Waals surface area contributed by atoms with E-state index in [0.29, 0.717) is 5.82 Å². The Morgan fingerprint density at radius 3 is 2.59 bits per heavy atom. The predicted octanol–water partition coefficient (Wildman–Crippen LogP) is 4.58. The Labute approximate surface area is 142 Å². The van der Waals surface area contributed by atoms with Crippen LogP contribution in [-0.4, -0.2) is 25.3 Å². The Bertz CT molecular complexity index is 551. The monoisotopic (exact) mass is 384 g/mol. The Balaban J connectivity index is 1.83. The average molecular weight is 385 g/mol. The summed E-state index contributed by atoms with van der Waals surface area (Å²) < 4.78 is 7.23. The highest BCUT2D eigenvalue weighted by Gasteiger charge is 2.43. The van der Waals surface area contributed by atoms with E-state index in [0.717, 1.165) is 17.3 Å². The highest BCUT2D eigenvalue weighted by atomic mass is 79.9. The number of carbonyl (C=O) groups excluding carboxylic acids is 1. The second kappa shape index (κ2) is 6.41. The van der Waals surface area contributed by atoms with Crippen LogP contribution in [0, 0.1) is 5.92 Å². The fourth-order valence-electron chi connectivity index (χ4n) is 2.17. The molecule has 0 aliphatic heterocycles. The van der Waals surface area contributed by atoms with Gasteiger partial charge in [0.15, 0.2) is 8.32 Å². The Morgan fingerprint density at radius 1 is 1.41 bits per heavy atom. The van der Waals surface area contributed by atoms with Gasteiger partial charge in [-0.15, -0.1) is 0 Å². The van der Waals surface area contributed by atoms with Gasteiger partial charge in [-0.2, -0.15) is 0 Å². The molecule has 1 aliphatic carbocycles. The quantitative estimate of drug-likeness (QED) is 0.772. The lowest BCUT2D eigenvalue weighted by molar-refractivity contribution is -0.125. The first-order valence-corrected chi connectivity index (χ1v) is 11.4. The second-order valence-electron chi connectivity index (χ2n) is 7.52. The van der Waals surface area contributed by atoms with Gasteiger partial charge < -0.3 is 9.74 Å². The second-order valence-corrected chi connectivity index (χ2v) is 13.2. The van der Waals surface area contributed by atoms with Gasteiger partial charge in [0.05, 0.1) is 0 Å². The van der Waals surface area contributed by atoms with Crippen molar-refractivity contribution in [1.82, 2.24) is 4.98 Å². The molecule has 0 unspecified atom stereocenters. The number of anilines is 1. The van der Waals surface area contributed by atoms with Crippen LogP contribution in [0.2, 0.25) is 18.1 Å². The van der Waals surface area contributed by atoms with Crippen LogP contribution in [-0.2, 0) is 9.22 Å². The highest BCUT2D eigenvalue weighted by molar-refractivity contribution is 9.10. The van der Waals surface area contributed by atoms with E-state index >= 15 is 0 Å². The van der Waals surface area contributed by atoms with Gasteiger partial charge in [0.1, 0.15) is 5.82 Å². The average Bonchev–Trinajstić information content (AvgIpc) is 2.31. The Hall–Kier alpha value is -0.723. The SMILES string of the molecule is CC(C)(C)[Si](C)(C)OC1CC(C(=O)Nc2cc(Br)ccn2)C1. The van der Waals surface area contributed by atoms with Crippen molar-refractivity contribution in [2.45, 2.75) is 57.8 Å². The smallest absolute Gasteiger partial charge is 0.228 e. The normalized spacial score (nSPS) is 22.1. The summed E-state index contributed by atoms with van der Waals surface area (Å²) in [6.07, 6.45) is 3.52. The van der Waals surface area contributed by atoms with Gasteiger partial charge >= 0.3 is 0 Å². The van der Waals surface area contributed by atoms with Crippen molar-refractivity contribution in [1.29, 1.82) is 0 Å². The Morgan fingerprint density at radius 2 is 2.05 bits per heavy atom. The molecule has 22 heavy (non-hydrogen) atoms. The zero-order valence-corrected chi connectivity index (χ0v) is 16.5. The van der Waals surface area contributed by atoms with Crippen LogP contribution in [0.25, 0.3) is 0 Å². The van der Waals surface area contributed by atoms with E-state index in [-0.39, 0.29) is 23.0 Å². The van der Waals surface area contributed by atoms with E-state index in [9.17, 15) is 4.79 Å². The van der Waals surface area contributed by atoms with Gasteiger partial charge in [-0.05, 0) is 43.1 Å². The minimum atomic E-state index is -1.73. The lowest BCUT2D eigenvalue weighted by atomic mass is 9.82. The fourth-order valence-corrected chi connectivity index (χ4v) is 3.89. The number of carbonyl (C=O) groups is 1. The molecular formula is C16H25BrN2O2Si. The summed E-state index contributed by atoms with van der Waals surface area (Å²) in [6.45, 7) is 11.2. The van der Waals surface area contributed by atoms with E-state index in [1.54, 1.807) is 12.3 Å². The number of pyridine rings is 1. The zero-order chi connectivity index (χ0) is 16.5. The highest BCUT2D eigenvalue weighted by Crippen LogP contribution is 2.41. The van der Waals surface area contributed by atoms with E-state index in [1.165, 1.54) is 0 Å². The van der Waals surface area contributed by atoms with Crippen LogP contribution in [0.5, 0.6) is 0 Å². The molecule has 0 radical (unpaired) electrons. The summed E-state index contributed by atoms with van der Waals surface area (Å²) >= 11 is 3.37. The topological polar surface area (TPSA) is 51.2 Å². The first kappa shape index (κ1) is 17.6. The molecule has 122 valence electrons. The first-order chi connectivity index (χ1) is 10.1. The van der Waals surface area contributed by atoms with Gasteiger partial charge in [0, 0.05) is 22.7 Å². The molecule has 1 aromatic rings. The summed E-state index contributed by atoms with van der Waals surface area (Å²) in [4.78, 5) is 16.3. The van der Waals surface area contributed by atoms with Gasteiger partial charge in [-0.1, -0.05) is 36.7 Å². The molecule has 1 heterocycles. The molecule has 0 aromatic carbocycles. The van der Waals surface area contributed by atoms with Crippen molar-refractivity contribution in [2.75, 3.05) is 5.32 Å². The maximum absolute atomic E-state index is 12.2. The van der Waals surface area contributed by atoms with Crippen LogP contribution in [0.4, 0.5) is 5.82 Å². The molecule has 1 saturated carbocycles. The van der Waals surface area contributed by atoms with Gasteiger partial charge in [-0.3, -0.25) is 4.79 Å². The summed E-state index contributed by atoms with van der Waals surface area (Å²) in [6, 6.07) is 3.64. The van der Waals surface area contributed by atoms with Crippen molar-refractivity contribution in [2.24, 2.45) is 5.92 Å². The maximum atomic E-state index is 12.2. The molecule has 0 saturated heterocycles. The van der Waals surface area contributed by atoms with Gasteiger partial charge in [-0.25, -0.2) is 4.98 Å². The molecule has 0 atom stereocenters. The van der Waals surface area contributed by atoms with E-state index in [2.05, 4.69) is 60.1 Å². The number of halogens is 1. The van der Waals surface area contributed by atoms with Crippen molar-refractivity contribution in [3.63, 3.8) is 0 Å². The molecule has 0 spiro atoms. The molecular weight excluding hydrogens is 360 g/mol. The summed E-state index contributed by atoms with van der Waals surface area (Å²) in [5, 5.41) is 3.08. The minimum absolute atomic E-state index is 0.0375. The van der Waals surface area contributed by atoms with Crippen LogP contribution < -0.4 is 5.32 Å². The standard InChI is InChI=1S/C16H25BrN2O2Si/c1-16(2,3)22(4,5)21-13-8-11(9-13)15(20)19-14-10-12(17)6-7-18-14/h6-7,10-11,13H,8-9H2,1-5H3,(H,18,19,20). The largest absolute Gasteiger partial charge is 0.414 e. The van der Waals surface area contributed by atoms with Crippen LogP contribution in [0.15, 0.2) is 22.8 Å². The molecule has 4 nitrogen and oxygen atoms in total. The van der Waals surface area contributed by atoms with Crippen LogP contribution in [0.3, 0.4) is 0 Å². The minimum Gasteiger partial charge on any atom is -0.414 e. The van der Waals surface area contributed by atoms with E-state index in [4.69, 9.17) is 4.43 Å². The zero-order valence-electron chi connectivity index (χ0n) is 13.9. The van der Waals surface area contributed by atoms with E-state index in [1.807, 2.05) is 6.07 Å². The number of aromatic nitrogens is 1. The van der Waals surface area contributed by atoms with E-state index < -0.39 is 8.32 Å².